The second kappa shape index (κ2) is 7.42. The third kappa shape index (κ3) is 3.27. The highest BCUT2D eigenvalue weighted by molar-refractivity contribution is 5.87. The average molecular weight is 408 g/mol. The molecule has 1 aromatic carbocycles. The first-order valence-corrected chi connectivity index (χ1v) is 9.48. The highest BCUT2D eigenvalue weighted by Gasteiger charge is 2.18. The van der Waals surface area contributed by atoms with Gasteiger partial charge in [0.2, 0.25) is 0 Å². The Morgan fingerprint density at radius 2 is 2.20 bits per heavy atom. The monoisotopic (exact) mass is 408 g/mol. The number of nitrogens with zero attached hydrogens (tertiary/aromatic N) is 3. The van der Waals surface area contributed by atoms with Crippen LogP contribution in [0.1, 0.15) is 22.4 Å². The zero-order valence-corrected chi connectivity index (χ0v) is 16.1. The third-order valence-corrected chi connectivity index (χ3v) is 5.18. The van der Waals surface area contributed by atoms with Gasteiger partial charge in [-0.15, -0.1) is 0 Å². The summed E-state index contributed by atoms with van der Waals surface area (Å²) in [5, 5.41) is 3.70. The van der Waals surface area contributed by atoms with Crippen LogP contribution < -0.4 is 15.6 Å². The van der Waals surface area contributed by atoms with E-state index in [2.05, 4.69) is 10.3 Å². The summed E-state index contributed by atoms with van der Waals surface area (Å²) in [6.45, 7) is -3.46. The lowest BCUT2D eigenvalue weighted by Crippen LogP contribution is -2.24. The van der Waals surface area contributed by atoms with Gasteiger partial charge in [0.1, 0.15) is 18.1 Å². The fourth-order valence-corrected chi connectivity index (χ4v) is 3.68. The molecule has 0 amide bonds. The van der Waals surface area contributed by atoms with Crippen molar-refractivity contribution in [2.45, 2.75) is 19.5 Å². The summed E-state index contributed by atoms with van der Waals surface area (Å²) in [5.74, 6) is -0.586. The van der Waals surface area contributed by atoms with Crippen molar-refractivity contribution in [1.82, 2.24) is 19.4 Å². The van der Waals surface area contributed by atoms with E-state index in [4.69, 9.17) is 10.2 Å². The number of hydrogen-bond donors (Lipinski definition) is 1. The van der Waals surface area contributed by atoms with Gasteiger partial charge in [-0.3, -0.25) is 14.3 Å². The van der Waals surface area contributed by atoms with E-state index in [9.17, 15) is 9.18 Å². The molecular weight excluding hydrogens is 383 g/mol. The van der Waals surface area contributed by atoms with Crippen LogP contribution in [-0.4, -0.2) is 20.7 Å². The maximum absolute atomic E-state index is 13.1. The molecule has 0 atom stereocenters. The molecule has 3 aromatic heterocycles. The maximum Gasteiger partial charge on any atom is 0.258 e. The Hall–Kier alpha value is -3.45. The Morgan fingerprint density at radius 3 is 3.00 bits per heavy atom. The van der Waals surface area contributed by atoms with Gasteiger partial charge in [0.15, 0.2) is 0 Å². The van der Waals surface area contributed by atoms with E-state index in [0.717, 1.165) is 28.9 Å². The number of pyridine rings is 2. The molecule has 1 aliphatic heterocycles. The minimum Gasteiger partial charge on any atom is -0.487 e. The van der Waals surface area contributed by atoms with Gasteiger partial charge in [-0.2, -0.15) is 0 Å². The van der Waals surface area contributed by atoms with Crippen molar-refractivity contribution in [3.05, 3.63) is 88.0 Å². The summed E-state index contributed by atoms with van der Waals surface area (Å²) >= 11 is 0. The molecule has 0 aliphatic carbocycles. The van der Waals surface area contributed by atoms with E-state index in [0.29, 0.717) is 24.2 Å². The zero-order chi connectivity index (χ0) is 24.3. The van der Waals surface area contributed by atoms with Crippen molar-refractivity contribution in [2.75, 3.05) is 6.54 Å². The Morgan fingerprint density at radius 1 is 1.30 bits per heavy atom. The third-order valence-electron chi connectivity index (χ3n) is 5.18. The van der Waals surface area contributed by atoms with E-state index < -0.39 is 24.4 Å². The van der Waals surface area contributed by atoms with Crippen LogP contribution in [0.5, 0.6) is 5.75 Å². The Balaban J connectivity index is 1.49. The molecule has 0 bridgehead atoms. The molecule has 152 valence electrons. The first-order valence-electron chi connectivity index (χ1n) is 11.5. The van der Waals surface area contributed by atoms with Crippen molar-refractivity contribution in [1.29, 1.82) is 0 Å². The predicted molar refractivity (Wildman–Crippen MR) is 112 cm³/mol. The first-order chi connectivity index (χ1) is 16.1. The summed E-state index contributed by atoms with van der Waals surface area (Å²) in [4.78, 5) is 16.6. The van der Waals surface area contributed by atoms with E-state index in [1.165, 1.54) is 29.0 Å². The van der Waals surface area contributed by atoms with Crippen molar-refractivity contribution < 1.29 is 14.6 Å². The van der Waals surface area contributed by atoms with Crippen LogP contribution in [0.3, 0.4) is 0 Å². The summed E-state index contributed by atoms with van der Waals surface area (Å²) < 4.78 is 54.7. The van der Waals surface area contributed by atoms with Crippen LogP contribution in [0.4, 0.5) is 4.39 Å². The maximum atomic E-state index is 13.1. The van der Waals surface area contributed by atoms with Gasteiger partial charge in [-0.25, -0.2) is 4.39 Å². The Labute approximate surface area is 178 Å². The van der Waals surface area contributed by atoms with Gasteiger partial charge in [0, 0.05) is 52.6 Å². The molecule has 0 spiro atoms. The number of fused-ring (bicyclic) bond motifs is 3. The summed E-state index contributed by atoms with van der Waals surface area (Å²) in [6, 6.07) is 10.3. The number of nitrogens with one attached hydrogen (secondary N) is 1. The molecule has 4 aromatic rings. The first kappa shape index (κ1) is 14.5. The molecule has 7 heteroatoms. The molecule has 0 saturated carbocycles. The molecule has 4 heterocycles. The van der Waals surface area contributed by atoms with Gasteiger partial charge in [0.05, 0.1) is 25.8 Å². The standard InChI is InChI=1S/C23H21FN4O2/c1-27-21-6-8-25-13-20(21)19-5-4-17(10-22(19)27)28-9-7-18(11-23(28)29)30-14-16-3-2-15(24)12-26-16/h2-5,7,9-12,25H,6,8,13-14H2,1H3/i13D2,14D2. The van der Waals surface area contributed by atoms with Crippen LogP contribution in [0.15, 0.2) is 59.7 Å². The smallest absolute Gasteiger partial charge is 0.258 e. The van der Waals surface area contributed by atoms with E-state index in [1.807, 2.05) is 23.7 Å². The summed E-state index contributed by atoms with van der Waals surface area (Å²) in [5.41, 5.74) is 2.38. The van der Waals surface area contributed by atoms with E-state index >= 15 is 0 Å². The fraction of sp³-hybridized carbons (Fsp3) is 0.217. The van der Waals surface area contributed by atoms with Gasteiger partial charge in [-0.1, -0.05) is 6.07 Å². The number of aryl methyl sites for hydroxylation is 1. The lowest BCUT2D eigenvalue weighted by atomic mass is 10.1. The van der Waals surface area contributed by atoms with Crippen molar-refractivity contribution in [3.63, 3.8) is 0 Å². The Kier molecular flexibility index (Phi) is 3.59. The topological polar surface area (TPSA) is 61.1 Å². The molecule has 1 N–H and O–H groups in total. The zero-order valence-electron chi connectivity index (χ0n) is 20.1. The summed E-state index contributed by atoms with van der Waals surface area (Å²) in [7, 11) is 1.89. The van der Waals surface area contributed by atoms with Gasteiger partial charge < -0.3 is 14.6 Å². The van der Waals surface area contributed by atoms with Crippen molar-refractivity contribution in [3.8, 4) is 11.4 Å². The minimum absolute atomic E-state index is 0.00653. The SMILES string of the molecule is [2H]C1([2H])NCCc2c1c1ccc(-n3ccc(OC([2H])([2H])c4ccc(F)cn4)cc3=O)cc1n2C. The number of benzene rings is 1. The van der Waals surface area contributed by atoms with Crippen LogP contribution in [-0.2, 0) is 26.5 Å². The predicted octanol–water partition coefficient (Wildman–Crippen LogP) is 3.09. The molecule has 0 radical (unpaired) electrons. The van der Waals surface area contributed by atoms with Gasteiger partial charge in [0.25, 0.3) is 5.56 Å². The van der Waals surface area contributed by atoms with Crippen LogP contribution in [0, 0.1) is 5.82 Å². The number of rotatable bonds is 4. The molecule has 0 saturated heterocycles. The fourth-order valence-electron chi connectivity index (χ4n) is 3.68. The Bertz CT molecular complexity index is 1460. The normalized spacial score (nSPS) is 17.5. The highest BCUT2D eigenvalue weighted by Crippen LogP contribution is 2.29. The molecule has 30 heavy (non-hydrogen) atoms. The molecule has 0 unspecified atom stereocenters. The molecule has 0 fully saturated rings. The molecule has 5 rings (SSSR count). The highest BCUT2D eigenvalue weighted by atomic mass is 19.1. The van der Waals surface area contributed by atoms with E-state index in [1.54, 1.807) is 6.07 Å². The number of ether oxygens (including phenoxy) is 1. The minimum atomic E-state index is -2.36. The quantitative estimate of drug-likeness (QED) is 0.564. The van der Waals surface area contributed by atoms with Crippen LogP contribution in [0.2, 0.25) is 0 Å². The van der Waals surface area contributed by atoms with Crippen LogP contribution in [0.25, 0.3) is 16.6 Å². The number of halogens is 1. The summed E-state index contributed by atoms with van der Waals surface area (Å²) in [6.07, 6.45) is 3.08. The van der Waals surface area contributed by atoms with E-state index in [-0.39, 0.29) is 11.4 Å². The molecule has 1 aliphatic rings. The number of hydrogen-bond acceptors (Lipinski definition) is 4. The second-order valence-corrected chi connectivity index (χ2v) is 7.02. The van der Waals surface area contributed by atoms with Crippen LogP contribution >= 0.6 is 0 Å². The van der Waals surface area contributed by atoms with Gasteiger partial charge in [-0.05, 0) is 35.9 Å². The van der Waals surface area contributed by atoms with Crippen molar-refractivity contribution in [2.24, 2.45) is 7.05 Å². The second-order valence-electron chi connectivity index (χ2n) is 7.02. The lowest BCUT2D eigenvalue weighted by molar-refractivity contribution is 0.300. The van der Waals surface area contributed by atoms with Crippen molar-refractivity contribution >= 4 is 10.9 Å². The van der Waals surface area contributed by atoms with Gasteiger partial charge >= 0.3 is 0 Å². The largest absolute Gasteiger partial charge is 0.487 e. The molecule has 6 nitrogen and oxygen atoms in total. The number of aromatic nitrogens is 3. The average Bonchev–Trinajstić information content (AvgIpc) is 3.06. The lowest BCUT2D eigenvalue weighted by Gasteiger charge is -2.14. The molecular formula is C23H21FN4O2.